The number of nitrogens with zero attached hydrogens (tertiary/aromatic N) is 2. The van der Waals surface area contributed by atoms with Crippen LogP contribution in [-0.4, -0.2) is 9.97 Å². The first kappa shape index (κ1) is 8.91. The van der Waals surface area contributed by atoms with Crippen LogP contribution in [0.1, 0.15) is 23.0 Å². The number of rotatable bonds is 1. The van der Waals surface area contributed by atoms with Crippen LogP contribution in [0.5, 0.6) is 0 Å². The van der Waals surface area contributed by atoms with Crippen molar-refractivity contribution in [2.75, 3.05) is 0 Å². The maximum atomic E-state index is 5.92. The van der Waals surface area contributed by atoms with Crippen molar-refractivity contribution in [1.82, 2.24) is 9.97 Å². The van der Waals surface area contributed by atoms with Gasteiger partial charge in [0.05, 0.1) is 20.8 Å². The van der Waals surface area contributed by atoms with Crippen molar-refractivity contribution in [3.63, 3.8) is 0 Å². The number of aryl methyl sites for hydroxylation is 1. The van der Waals surface area contributed by atoms with E-state index in [-0.39, 0.29) is 5.38 Å². The first-order chi connectivity index (χ1) is 6.16. The largest absolute Gasteiger partial charge is 0.231 e. The third kappa shape index (κ3) is 1.67. The molecule has 0 aliphatic carbocycles. The Kier molecular flexibility index (Phi) is 2.22. The highest BCUT2D eigenvalue weighted by atomic mass is 35.5. The van der Waals surface area contributed by atoms with Crippen molar-refractivity contribution in [2.24, 2.45) is 0 Å². The third-order valence-corrected chi connectivity index (χ3v) is 2.94. The van der Waals surface area contributed by atoms with Crippen LogP contribution in [0.3, 0.4) is 0 Å². The van der Waals surface area contributed by atoms with Crippen LogP contribution in [0.2, 0.25) is 0 Å². The van der Waals surface area contributed by atoms with E-state index in [9.17, 15) is 0 Å². The molecule has 0 aliphatic rings. The van der Waals surface area contributed by atoms with Crippen molar-refractivity contribution < 1.29 is 0 Å². The molecular formula is C9H9ClN2S. The Hall–Kier alpha value is -0.670. The molecule has 2 heterocycles. The smallest absolute Gasteiger partial charge is 0.170 e. The van der Waals surface area contributed by atoms with Crippen LogP contribution in [0.25, 0.3) is 10.3 Å². The van der Waals surface area contributed by atoms with Gasteiger partial charge in [-0.3, -0.25) is 0 Å². The van der Waals surface area contributed by atoms with Gasteiger partial charge in [-0.1, -0.05) is 0 Å². The lowest BCUT2D eigenvalue weighted by molar-refractivity contribution is 1.01. The lowest BCUT2D eigenvalue weighted by Crippen LogP contribution is -1.89. The summed E-state index contributed by atoms with van der Waals surface area (Å²) >= 11 is 7.58. The van der Waals surface area contributed by atoms with Gasteiger partial charge in [-0.25, -0.2) is 9.97 Å². The molecule has 2 aromatic rings. The van der Waals surface area contributed by atoms with Gasteiger partial charge in [0, 0.05) is 0 Å². The fourth-order valence-electron chi connectivity index (χ4n) is 1.16. The van der Waals surface area contributed by atoms with Crippen LogP contribution < -0.4 is 0 Å². The molecule has 13 heavy (non-hydrogen) atoms. The molecular weight excluding hydrogens is 204 g/mol. The maximum Gasteiger partial charge on any atom is 0.170 e. The maximum absolute atomic E-state index is 5.92. The molecule has 0 radical (unpaired) electrons. The van der Waals surface area contributed by atoms with Crippen molar-refractivity contribution in [2.45, 2.75) is 19.2 Å². The van der Waals surface area contributed by atoms with Gasteiger partial charge in [-0.2, -0.15) is 0 Å². The average Bonchev–Trinajstić information content (AvgIpc) is 2.42. The molecule has 0 saturated carbocycles. The Balaban J connectivity index is 2.61. The van der Waals surface area contributed by atoms with E-state index in [1.165, 1.54) is 0 Å². The van der Waals surface area contributed by atoms with Crippen LogP contribution in [0, 0.1) is 6.92 Å². The van der Waals surface area contributed by atoms with Crippen LogP contribution in [0.15, 0.2) is 12.1 Å². The van der Waals surface area contributed by atoms with Crippen LogP contribution >= 0.6 is 22.9 Å². The molecule has 0 aliphatic heterocycles. The summed E-state index contributed by atoms with van der Waals surface area (Å²) < 4.78 is 1.12. The summed E-state index contributed by atoms with van der Waals surface area (Å²) in [6, 6.07) is 3.98. The Morgan fingerprint density at radius 1 is 1.38 bits per heavy atom. The van der Waals surface area contributed by atoms with E-state index in [1.54, 1.807) is 11.3 Å². The predicted octanol–water partition coefficient (Wildman–Crippen LogP) is 3.30. The number of hydrogen-bond acceptors (Lipinski definition) is 3. The fraction of sp³-hybridized carbons (Fsp3) is 0.333. The zero-order chi connectivity index (χ0) is 9.42. The minimum absolute atomic E-state index is 0.0496. The molecule has 0 spiro atoms. The van der Waals surface area contributed by atoms with Crippen molar-refractivity contribution in [3.05, 3.63) is 22.8 Å². The Labute approximate surface area is 85.6 Å². The monoisotopic (exact) mass is 212 g/mol. The van der Waals surface area contributed by atoms with Crippen molar-refractivity contribution in [3.8, 4) is 0 Å². The topological polar surface area (TPSA) is 25.8 Å². The lowest BCUT2D eigenvalue weighted by Gasteiger charge is -1.99. The van der Waals surface area contributed by atoms with E-state index in [1.807, 2.05) is 26.0 Å². The summed E-state index contributed by atoms with van der Waals surface area (Å²) in [6.07, 6.45) is 0. The highest BCUT2D eigenvalue weighted by molar-refractivity contribution is 7.18. The second kappa shape index (κ2) is 3.24. The number of alkyl halides is 1. The Morgan fingerprint density at radius 3 is 2.85 bits per heavy atom. The summed E-state index contributed by atoms with van der Waals surface area (Å²) in [5.41, 5.74) is 1.70. The zero-order valence-corrected chi connectivity index (χ0v) is 8.99. The molecule has 0 amide bonds. The van der Waals surface area contributed by atoms with E-state index in [2.05, 4.69) is 9.97 Å². The van der Waals surface area contributed by atoms with Gasteiger partial charge < -0.3 is 0 Å². The van der Waals surface area contributed by atoms with Crippen LogP contribution in [0.4, 0.5) is 0 Å². The molecule has 0 N–H and O–H groups in total. The molecule has 68 valence electrons. The van der Waals surface area contributed by atoms with Gasteiger partial charge >= 0.3 is 0 Å². The summed E-state index contributed by atoms with van der Waals surface area (Å²) in [5, 5.41) is 0.994. The van der Waals surface area contributed by atoms with Crippen LogP contribution in [-0.2, 0) is 0 Å². The molecule has 4 heteroatoms. The summed E-state index contributed by atoms with van der Waals surface area (Å²) in [7, 11) is 0. The SMILES string of the molecule is Cc1nc2nc(C(C)Cl)ccc2s1. The third-order valence-electron chi connectivity index (χ3n) is 1.79. The quantitative estimate of drug-likeness (QED) is 0.678. The number of pyridine rings is 1. The molecule has 0 fully saturated rings. The Morgan fingerprint density at radius 2 is 2.15 bits per heavy atom. The van der Waals surface area contributed by atoms with E-state index in [0.29, 0.717) is 0 Å². The number of aromatic nitrogens is 2. The zero-order valence-electron chi connectivity index (χ0n) is 7.41. The number of halogens is 1. The molecule has 1 atom stereocenters. The second-order valence-electron chi connectivity index (χ2n) is 2.91. The van der Waals surface area contributed by atoms with Gasteiger partial charge in [0.15, 0.2) is 5.65 Å². The Bertz CT molecular complexity index is 436. The number of thiazole rings is 1. The van der Waals surface area contributed by atoms with Crippen molar-refractivity contribution in [1.29, 1.82) is 0 Å². The van der Waals surface area contributed by atoms with Gasteiger partial charge in [0.2, 0.25) is 0 Å². The number of fused-ring (bicyclic) bond motifs is 1. The summed E-state index contributed by atoms with van der Waals surface area (Å²) in [6.45, 7) is 3.89. The van der Waals surface area contributed by atoms with Gasteiger partial charge in [0.25, 0.3) is 0 Å². The minimum atomic E-state index is -0.0496. The van der Waals surface area contributed by atoms with Gasteiger partial charge in [0.1, 0.15) is 0 Å². The van der Waals surface area contributed by atoms with Gasteiger partial charge in [-0.15, -0.1) is 22.9 Å². The molecule has 0 saturated heterocycles. The normalized spacial score (nSPS) is 13.5. The highest BCUT2D eigenvalue weighted by Gasteiger charge is 2.06. The van der Waals surface area contributed by atoms with Gasteiger partial charge in [-0.05, 0) is 26.0 Å². The first-order valence-electron chi connectivity index (χ1n) is 4.05. The minimum Gasteiger partial charge on any atom is -0.231 e. The molecule has 2 aromatic heterocycles. The molecule has 2 nitrogen and oxygen atoms in total. The summed E-state index contributed by atoms with van der Waals surface area (Å²) in [4.78, 5) is 8.67. The molecule has 0 aromatic carbocycles. The van der Waals surface area contributed by atoms with E-state index < -0.39 is 0 Å². The average molecular weight is 213 g/mol. The molecule has 1 unspecified atom stereocenters. The molecule has 2 rings (SSSR count). The van der Waals surface area contributed by atoms with E-state index >= 15 is 0 Å². The second-order valence-corrected chi connectivity index (χ2v) is 4.80. The highest BCUT2D eigenvalue weighted by Crippen LogP contribution is 2.23. The fourth-order valence-corrected chi connectivity index (χ4v) is 2.05. The summed E-state index contributed by atoms with van der Waals surface area (Å²) in [5.74, 6) is 0. The predicted molar refractivity (Wildman–Crippen MR) is 56.4 cm³/mol. The van der Waals surface area contributed by atoms with E-state index in [0.717, 1.165) is 21.0 Å². The number of hydrogen-bond donors (Lipinski definition) is 0. The lowest BCUT2D eigenvalue weighted by atomic mass is 10.3. The van der Waals surface area contributed by atoms with Crippen molar-refractivity contribution >= 4 is 33.3 Å². The van der Waals surface area contributed by atoms with E-state index in [4.69, 9.17) is 11.6 Å². The standard InChI is InChI=1S/C9H9ClN2S/c1-5(10)7-3-4-8-9(12-7)11-6(2)13-8/h3-5H,1-2H3. The first-order valence-corrected chi connectivity index (χ1v) is 5.30. The molecule has 0 bridgehead atoms.